The van der Waals surface area contributed by atoms with Gasteiger partial charge in [-0.3, -0.25) is 4.79 Å². The van der Waals surface area contributed by atoms with Crippen LogP contribution in [0.4, 0.5) is 0 Å². The molecule has 0 saturated carbocycles. The Morgan fingerprint density at radius 1 is 1.23 bits per heavy atom. The van der Waals surface area contributed by atoms with Gasteiger partial charge in [-0.15, -0.1) is 0 Å². The van der Waals surface area contributed by atoms with E-state index in [4.69, 9.17) is 0 Å². The third-order valence-electron chi connectivity index (χ3n) is 3.36. The van der Waals surface area contributed by atoms with Gasteiger partial charge >= 0.3 is 0 Å². The zero-order valence-electron chi connectivity index (χ0n) is 13.6. The number of hydrogen-bond donors (Lipinski definition) is 1. The molecule has 0 atom stereocenters. The molecule has 1 N–H and O–H groups in total. The van der Waals surface area contributed by atoms with E-state index in [1.165, 1.54) is 10.6 Å². The molecule has 5 nitrogen and oxygen atoms in total. The van der Waals surface area contributed by atoms with Crippen molar-refractivity contribution in [1.82, 2.24) is 9.62 Å². The van der Waals surface area contributed by atoms with E-state index < -0.39 is 10.0 Å². The summed E-state index contributed by atoms with van der Waals surface area (Å²) in [7, 11) is -3.19. The molecule has 0 saturated heterocycles. The second kappa shape index (κ2) is 8.90. The molecule has 124 valence electrons. The van der Waals surface area contributed by atoms with Crippen molar-refractivity contribution in [2.75, 3.05) is 19.3 Å². The molecule has 0 radical (unpaired) electrons. The van der Waals surface area contributed by atoms with Gasteiger partial charge < -0.3 is 5.32 Å². The van der Waals surface area contributed by atoms with E-state index in [1.54, 1.807) is 0 Å². The van der Waals surface area contributed by atoms with Crippen LogP contribution in [0.15, 0.2) is 30.3 Å². The first-order valence-electron chi connectivity index (χ1n) is 7.58. The molecule has 0 aromatic heterocycles. The topological polar surface area (TPSA) is 66.5 Å². The minimum atomic E-state index is -3.19. The Hall–Kier alpha value is -1.40. The Bertz CT molecular complexity index is 556. The van der Waals surface area contributed by atoms with Crippen LogP contribution in [-0.2, 0) is 21.2 Å². The lowest BCUT2D eigenvalue weighted by Crippen LogP contribution is -2.38. The van der Waals surface area contributed by atoms with Crippen molar-refractivity contribution >= 4 is 15.9 Å². The van der Waals surface area contributed by atoms with E-state index in [0.29, 0.717) is 32.4 Å². The monoisotopic (exact) mass is 326 g/mol. The van der Waals surface area contributed by atoms with Gasteiger partial charge in [-0.25, -0.2) is 8.42 Å². The van der Waals surface area contributed by atoms with E-state index in [2.05, 4.69) is 5.32 Å². The summed E-state index contributed by atoms with van der Waals surface area (Å²) >= 11 is 0. The summed E-state index contributed by atoms with van der Waals surface area (Å²) in [5.41, 5.74) is 1.14. The second-order valence-corrected chi connectivity index (χ2v) is 7.59. The second-order valence-electron chi connectivity index (χ2n) is 5.66. The Morgan fingerprint density at radius 3 is 2.41 bits per heavy atom. The van der Waals surface area contributed by atoms with Crippen LogP contribution >= 0.6 is 0 Å². The third kappa shape index (κ3) is 7.04. The molecular weight excluding hydrogens is 300 g/mol. The third-order valence-corrected chi connectivity index (χ3v) is 4.82. The summed E-state index contributed by atoms with van der Waals surface area (Å²) in [5, 5.41) is 2.84. The normalized spacial score (nSPS) is 11.9. The predicted octanol–water partition coefficient (Wildman–Crippen LogP) is 1.80. The number of hydrogen-bond acceptors (Lipinski definition) is 3. The minimum absolute atomic E-state index is 0.000643. The van der Waals surface area contributed by atoms with E-state index in [0.717, 1.165) is 5.56 Å². The summed E-state index contributed by atoms with van der Waals surface area (Å²) < 4.78 is 24.6. The maximum Gasteiger partial charge on any atom is 0.220 e. The molecule has 0 heterocycles. The molecule has 0 aliphatic carbocycles. The van der Waals surface area contributed by atoms with Crippen LogP contribution < -0.4 is 5.32 Å². The van der Waals surface area contributed by atoms with Crippen molar-refractivity contribution in [2.45, 2.75) is 39.2 Å². The highest BCUT2D eigenvalue weighted by atomic mass is 32.2. The van der Waals surface area contributed by atoms with Crippen LogP contribution in [0, 0.1) is 0 Å². The van der Waals surface area contributed by atoms with Crippen LogP contribution in [0.1, 0.15) is 32.3 Å². The van der Waals surface area contributed by atoms with Gasteiger partial charge in [0.2, 0.25) is 15.9 Å². The molecule has 6 heteroatoms. The lowest BCUT2D eigenvalue weighted by molar-refractivity contribution is -0.121. The van der Waals surface area contributed by atoms with E-state index in [-0.39, 0.29) is 11.9 Å². The van der Waals surface area contributed by atoms with E-state index in [1.807, 2.05) is 44.2 Å². The quantitative estimate of drug-likeness (QED) is 0.704. The summed E-state index contributed by atoms with van der Waals surface area (Å²) in [6, 6.07) is 9.80. The number of nitrogens with zero attached hydrogens (tertiary/aromatic N) is 1. The number of rotatable bonds is 9. The van der Waals surface area contributed by atoms with Crippen molar-refractivity contribution in [3.63, 3.8) is 0 Å². The fraction of sp³-hybridized carbons (Fsp3) is 0.562. The average Bonchev–Trinajstić information content (AvgIpc) is 2.44. The highest BCUT2D eigenvalue weighted by molar-refractivity contribution is 7.88. The first kappa shape index (κ1) is 18.6. The number of benzene rings is 1. The summed E-state index contributed by atoms with van der Waals surface area (Å²) in [6.07, 6.45) is 2.99. The maximum absolute atomic E-state index is 11.7. The zero-order chi connectivity index (χ0) is 16.6. The summed E-state index contributed by atoms with van der Waals surface area (Å²) in [4.78, 5) is 11.7. The highest BCUT2D eigenvalue weighted by Crippen LogP contribution is 2.06. The lowest BCUT2D eigenvalue weighted by Gasteiger charge is -2.23. The van der Waals surface area contributed by atoms with Crippen molar-refractivity contribution in [3.05, 3.63) is 35.9 Å². The van der Waals surface area contributed by atoms with Crippen molar-refractivity contribution in [1.29, 1.82) is 0 Å². The summed E-state index contributed by atoms with van der Waals surface area (Å²) in [6.45, 7) is 4.61. The van der Waals surface area contributed by atoms with Crippen molar-refractivity contribution < 1.29 is 13.2 Å². The van der Waals surface area contributed by atoms with Gasteiger partial charge in [-0.2, -0.15) is 4.31 Å². The molecule has 1 rings (SSSR count). The number of carbonyl (C=O) groups excluding carboxylic acids is 1. The molecule has 1 aromatic rings. The molecule has 0 fully saturated rings. The molecule has 0 bridgehead atoms. The molecule has 1 amide bonds. The maximum atomic E-state index is 11.7. The Morgan fingerprint density at radius 2 is 1.86 bits per heavy atom. The fourth-order valence-corrected chi connectivity index (χ4v) is 3.49. The molecule has 1 aromatic carbocycles. The fourth-order valence-electron chi connectivity index (χ4n) is 2.26. The predicted molar refractivity (Wildman–Crippen MR) is 89.1 cm³/mol. The van der Waals surface area contributed by atoms with Gasteiger partial charge in [0.05, 0.1) is 6.26 Å². The highest BCUT2D eigenvalue weighted by Gasteiger charge is 2.19. The first-order valence-corrected chi connectivity index (χ1v) is 9.43. The van der Waals surface area contributed by atoms with Gasteiger partial charge in [-0.1, -0.05) is 30.3 Å². The SMILES string of the molecule is CC(C)N(CCCNC(=O)CCc1ccccc1)S(C)(=O)=O. The number of amides is 1. The Balaban J connectivity index is 2.25. The standard InChI is InChI=1S/C16H26N2O3S/c1-14(2)18(22(3,20)21)13-7-12-17-16(19)11-10-15-8-5-4-6-9-15/h4-6,8-9,14H,7,10-13H2,1-3H3,(H,17,19). The van der Waals surface area contributed by atoms with Gasteiger partial charge in [0, 0.05) is 25.6 Å². The van der Waals surface area contributed by atoms with Crippen LogP contribution in [0.2, 0.25) is 0 Å². The number of carbonyl (C=O) groups is 1. The number of nitrogens with one attached hydrogen (secondary N) is 1. The van der Waals surface area contributed by atoms with Crippen LogP contribution in [0.3, 0.4) is 0 Å². The van der Waals surface area contributed by atoms with Crippen LogP contribution in [0.5, 0.6) is 0 Å². The molecule has 0 aliphatic rings. The molecule has 22 heavy (non-hydrogen) atoms. The first-order chi connectivity index (χ1) is 10.3. The van der Waals surface area contributed by atoms with Crippen molar-refractivity contribution in [3.8, 4) is 0 Å². The minimum Gasteiger partial charge on any atom is -0.356 e. The Labute approximate surface area is 133 Å². The smallest absolute Gasteiger partial charge is 0.220 e. The number of sulfonamides is 1. The molecule has 0 unspecified atom stereocenters. The van der Waals surface area contributed by atoms with Crippen molar-refractivity contribution in [2.24, 2.45) is 0 Å². The van der Waals surface area contributed by atoms with Gasteiger partial charge in [-0.05, 0) is 32.3 Å². The molecular formula is C16H26N2O3S. The van der Waals surface area contributed by atoms with E-state index >= 15 is 0 Å². The average molecular weight is 326 g/mol. The largest absolute Gasteiger partial charge is 0.356 e. The van der Waals surface area contributed by atoms with E-state index in [9.17, 15) is 13.2 Å². The zero-order valence-corrected chi connectivity index (χ0v) is 14.4. The van der Waals surface area contributed by atoms with Crippen LogP contribution in [-0.4, -0.2) is 44.0 Å². The van der Waals surface area contributed by atoms with Gasteiger partial charge in [0.1, 0.15) is 0 Å². The Kier molecular flexibility index (Phi) is 7.55. The lowest BCUT2D eigenvalue weighted by atomic mass is 10.1. The van der Waals surface area contributed by atoms with Crippen LogP contribution in [0.25, 0.3) is 0 Å². The summed E-state index contributed by atoms with van der Waals surface area (Å²) in [5.74, 6) is -0.000643. The molecule has 0 spiro atoms. The number of aryl methyl sites for hydroxylation is 1. The van der Waals surface area contributed by atoms with Gasteiger partial charge in [0.15, 0.2) is 0 Å². The molecule has 0 aliphatic heterocycles. The van der Waals surface area contributed by atoms with Gasteiger partial charge in [0.25, 0.3) is 0 Å².